The smallest absolute Gasteiger partial charge is 0.251 e. The molecule has 0 unspecified atom stereocenters. The minimum atomic E-state index is -0.170. The van der Waals surface area contributed by atoms with Crippen LogP contribution in [0, 0.1) is 0 Å². The van der Waals surface area contributed by atoms with Crippen LogP contribution in [0.2, 0.25) is 0 Å². The molecule has 5 nitrogen and oxygen atoms in total. The first-order valence-electron chi connectivity index (χ1n) is 5.85. The number of carbonyl (C=O) groups is 1. The van der Waals surface area contributed by atoms with Crippen molar-refractivity contribution in [2.45, 2.75) is 18.9 Å². The lowest BCUT2D eigenvalue weighted by atomic mass is 10.1. The first-order chi connectivity index (χ1) is 8.16. The van der Waals surface area contributed by atoms with Crippen LogP contribution in [0.25, 0.3) is 0 Å². The van der Waals surface area contributed by atoms with E-state index in [9.17, 15) is 9.59 Å². The first-order valence-corrected chi connectivity index (χ1v) is 5.85. The maximum atomic E-state index is 11.9. The molecule has 2 heterocycles. The molecule has 1 aromatic rings. The molecule has 1 saturated heterocycles. The van der Waals surface area contributed by atoms with Crippen molar-refractivity contribution in [3.8, 4) is 0 Å². The van der Waals surface area contributed by atoms with E-state index in [1.807, 2.05) is 0 Å². The Hall–Kier alpha value is -1.33. The molecular weight excluding hydrogens is 254 g/mol. The molecule has 1 atom stereocenters. The number of piperidine rings is 1. The van der Waals surface area contributed by atoms with E-state index in [0.29, 0.717) is 5.56 Å². The normalized spacial score (nSPS) is 18.8. The molecule has 2 N–H and O–H groups in total. The Bertz CT molecular complexity index is 467. The van der Waals surface area contributed by atoms with E-state index < -0.39 is 0 Å². The quantitative estimate of drug-likeness (QED) is 0.813. The van der Waals surface area contributed by atoms with E-state index >= 15 is 0 Å². The van der Waals surface area contributed by atoms with E-state index in [-0.39, 0.29) is 29.9 Å². The number of aryl methyl sites for hydroxylation is 1. The topological polar surface area (TPSA) is 63.1 Å². The van der Waals surface area contributed by atoms with Gasteiger partial charge < -0.3 is 15.2 Å². The molecule has 6 heteroatoms. The van der Waals surface area contributed by atoms with Crippen LogP contribution in [0.5, 0.6) is 0 Å². The zero-order valence-corrected chi connectivity index (χ0v) is 11.1. The Kier molecular flexibility index (Phi) is 5.37. The van der Waals surface area contributed by atoms with Crippen molar-refractivity contribution >= 4 is 18.3 Å². The number of halogens is 1. The van der Waals surface area contributed by atoms with Gasteiger partial charge in [0.25, 0.3) is 11.5 Å². The Balaban J connectivity index is 0.00000162. The van der Waals surface area contributed by atoms with E-state index in [4.69, 9.17) is 0 Å². The van der Waals surface area contributed by atoms with E-state index in [1.165, 1.54) is 10.6 Å². The highest BCUT2D eigenvalue weighted by molar-refractivity contribution is 5.94. The van der Waals surface area contributed by atoms with Crippen molar-refractivity contribution in [1.82, 2.24) is 15.2 Å². The van der Waals surface area contributed by atoms with Crippen LogP contribution in [0.1, 0.15) is 23.2 Å². The summed E-state index contributed by atoms with van der Waals surface area (Å²) in [5.74, 6) is -0.170. The number of hydrogen-bond donors (Lipinski definition) is 2. The summed E-state index contributed by atoms with van der Waals surface area (Å²) in [5, 5.41) is 6.16. The monoisotopic (exact) mass is 271 g/mol. The fraction of sp³-hybridized carbons (Fsp3) is 0.500. The fourth-order valence-electron chi connectivity index (χ4n) is 1.93. The second kappa shape index (κ2) is 6.56. The van der Waals surface area contributed by atoms with Crippen molar-refractivity contribution < 1.29 is 4.79 Å². The highest BCUT2D eigenvalue weighted by Crippen LogP contribution is 2.03. The molecule has 0 saturated carbocycles. The van der Waals surface area contributed by atoms with Gasteiger partial charge in [-0.15, -0.1) is 12.4 Å². The highest BCUT2D eigenvalue weighted by Gasteiger charge is 2.16. The number of aromatic nitrogens is 1. The fourth-order valence-corrected chi connectivity index (χ4v) is 1.93. The maximum absolute atomic E-state index is 11.9. The molecule has 0 aliphatic carbocycles. The van der Waals surface area contributed by atoms with Crippen molar-refractivity contribution in [3.63, 3.8) is 0 Å². The van der Waals surface area contributed by atoms with Crippen LogP contribution in [0.4, 0.5) is 0 Å². The Morgan fingerprint density at radius 1 is 1.56 bits per heavy atom. The zero-order chi connectivity index (χ0) is 12.3. The number of rotatable bonds is 2. The second-order valence-electron chi connectivity index (χ2n) is 4.38. The van der Waals surface area contributed by atoms with Crippen molar-refractivity contribution in [3.05, 3.63) is 34.2 Å². The van der Waals surface area contributed by atoms with Gasteiger partial charge in [0.2, 0.25) is 0 Å². The van der Waals surface area contributed by atoms with Gasteiger partial charge in [-0.05, 0) is 25.5 Å². The third-order valence-electron chi connectivity index (χ3n) is 3.00. The molecule has 0 bridgehead atoms. The van der Waals surface area contributed by atoms with Crippen LogP contribution in [0.15, 0.2) is 23.1 Å². The SMILES string of the molecule is Cl.Cn1ccc(C(=O)N[C@@H]2CCCNC2)cc1=O. The maximum Gasteiger partial charge on any atom is 0.251 e. The largest absolute Gasteiger partial charge is 0.348 e. The number of amides is 1. The molecule has 0 aromatic carbocycles. The van der Waals surface area contributed by atoms with E-state index in [1.54, 1.807) is 19.3 Å². The van der Waals surface area contributed by atoms with Crippen LogP contribution in [0.3, 0.4) is 0 Å². The summed E-state index contributed by atoms with van der Waals surface area (Å²) in [5.41, 5.74) is 0.262. The Labute approximate surface area is 112 Å². The molecular formula is C12H18ClN3O2. The van der Waals surface area contributed by atoms with Crippen LogP contribution < -0.4 is 16.2 Å². The van der Waals surface area contributed by atoms with Gasteiger partial charge in [-0.3, -0.25) is 9.59 Å². The minimum Gasteiger partial charge on any atom is -0.348 e. The summed E-state index contributed by atoms with van der Waals surface area (Å²) < 4.78 is 1.44. The lowest BCUT2D eigenvalue weighted by Gasteiger charge is -2.23. The average molecular weight is 272 g/mol. The second-order valence-corrected chi connectivity index (χ2v) is 4.38. The summed E-state index contributed by atoms with van der Waals surface area (Å²) in [6.45, 7) is 1.81. The first kappa shape index (κ1) is 14.7. The molecule has 18 heavy (non-hydrogen) atoms. The van der Waals surface area contributed by atoms with Gasteiger partial charge in [0.1, 0.15) is 0 Å². The van der Waals surface area contributed by atoms with Gasteiger partial charge in [0.15, 0.2) is 0 Å². The van der Waals surface area contributed by atoms with E-state index in [2.05, 4.69) is 10.6 Å². The molecule has 1 amide bonds. The van der Waals surface area contributed by atoms with Crippen LogP contribution in [-0.4, -0.2) is 29.6 Å². The van der Waals surface area contributed by atoms with Gasteiger partial charge in [-0.25, -0.2) is 0 Å². The molecule has 1 aromatic heterocycles. The van der Waals surface area contributed by atoms with E-state index in [0.717, 1.165) is 25.9 Å². The number of carbonyl (C=O) groups excluding carboxylic acids is 1. The molecule has 0 radical (unpaired) electrons. The minimum absolute atomic E-state index is 0. The van der Waals surface area contributed by atoms with Gasteiger partial charge in [0, 0.05) is 37.5 Å². The molecule has 1 fully saturated rings. The number of hydrogen-bond acceptors (Lipinski definition) is 3. The van der Waals surface area contributed by atoms with Crippen molar-refractivity contribution in [2.75, 3.05) is 13.1 Å². The summed E-state index contributed by atoms with van der Waals surface area (Å²) in [6.07, 6.45) is 3.67. The molecule has 1 aliphatic rings. The van der Waals surface area contributed by atoms with Gasteiger partial charge in [0.05, 0.1) is 0 Å². The third-order valence-corrected chi connectivity index (χ3v) is 3.00. The van der Waals surface area contributed by atoms with Gasteiger partial charge in [-0.2, -0.15) is 0 Å². The van der Waals surface area contributed by atoms with Crippen LogP contribution in [-0.2, 0) is 7.05 Å². The Morgan fingerprint density at radius 3 is 2.94 bits per heavy atom. The lowest BCUT2D eigenvalue weighted by molar-refractivity contribution is 0.0930. The number of nitrogens with one attached hydrogen (secondary N) is 2. The molecule has 1 aliphatic heterocycles. The number of pyridine rings is 1. The van der Waals surface area contributed by atoms with Crippen molar-refractivity contribution in [2.24, 2.45) is 7.05 Å². The predicted molar refractivity (Wildman–Crippen MR) is 72.3 cm³/mol. The summed E-state index contributed by atoms with van der Waals surface area (Å²) in [7, 11) is 1.66. The standard InChI is InChI=1S/C12H17N3O2.ClH/c1-15-6-4-9(7-11(15)16)12(17)14-10-3-2-5-13-8-10;/h4,6-7,10,13H,2-3,5,8H2,1H3,(H,14,17);1H/t10-;/m1./s1. The zero-order valence-electron chi connectivity index (χ0n) is 10.3. The van der Waals surface area contributed by atoms with Crippen LogP contribution >= 0.6 is 12.4 Å². The summed E-state index contributed by atoms with van der Waals surface area (Å²) in [4.78, 5) is 23.3. The number of nitrogens with zero attached hydrogens (tertiary/aromatic N) is 1. The summed E-state index contributed by atoms with van der Waals surface area (Å²) in [6, 6.07) is 3.19. The van der Waals surface area contributed by atoms with Gasteiger partial charge >= 0.3 is 0 Å². The third kappa shape index (κ3) is 3.58. The summed E-state index contributed by atoms with van der Waals surface area (Å²) >= 11 is 0. The predicted octanol–water partition coefficient (Wildman–Crippen LogP) is 0.289. The van der Waals surface area contributed by atoms with Gasteiger partial charge in [-0.1, -0.05) is 0 Å². The lowest BCUT2D eigenvalue weighted by Crippen LogP contribution is -2.45. The molecule has 100 valence electrons. The molecule has 0 spiro atoms. The average Bonchev–Trinajstić information content (AvgIpc) is 2.34. The Morgan fingerprint density at radius 2 is 2.33 bits per heavy atom. The molecule has 2 rings (SSSR count). The highest BCUT2D eigenvalue weighted by atomic mass is 35.5. The van der Waals surface area contributed by atoms with Crippen molar-refractivity contribution in [1.29, 1.82) is 0 Å².